The number of esters is 1. The lowest BCUT2D eigenvalue weighted by atomic mass is 9.76. The van der Waals surface area contributed by atoms with Crippen LogP contribution in [0.2, 0.25) is 0 Å². The van der Waals surface area contributed by atoms with Crippen molar-refractivity contribution in [2.45, 2.75) is 197 Å². The van der Waals surface area contributed by atoms with Gasteiger partial charge in [0, 0.05) is 77.4 Å². The van der Waals surface area contributed by atoms with E-state index < -0.39 is 127 Å². The molecule has 0 spiro atoms. The van der Waals surface area contributed by atoms with Gasteiger partial charge >= 0.3 is 5.97 Å². The van der Waals surface area contributed by atoms with Gasteiger partial charge in [0.2, 0.25) is 0 Å². The molecule has 3 aromatic rings. The van der Waals surface area contributed by atoms with Crippen molar-refractivity contribution in [3.8, 4) is 10.4 Å². The van der Waals surface area contributed by atoms with E-state index in [0.717, 1.165) is 16.0 Å². The molecule has 0 aliphatic carbocycles. The van der Waals surface area contributed by atoms with Gasteiger partial charge in [0.15, 0.2) is 17.7 Å². The summed E-state index contributed by atoms with van der Waals surface area (Å²) in [6.45, 7) is 14.7. The van der Waals surface area contributed by atoms with Crippen LogP contribution in [0.3, 0.4) is 0 Å². The molecule has 422 valence electrons. The minimum absolute atomic E-state index is 0.0480. The Morgan fingerprint density at radius 3 is 2.23 bits per heavy atom. The molecule has 3 aliphatic heterocycles. The molecule has 6 rings (SSSR count). The van der Waals surface area contributed by atoms with Crippen molar-refractivity contribution in [3.63, 3.8) is 0 Å². The van der Waals surface area contributed by atoms with Crippen molar-refractivity contribution in [2.75, 3.05) is 47.3 Å². The Bertz CT molecular complexity index is 2310. The summed E-state index contributed by atoms with van der Waals surface area (Å²) in [4.78, 5) is 35.6. The van der Waals surface area contributed by atoms with E-state index in [0.29, 0.717) is 30.2 Å². The van der Waals surface area contributed by atoms with Crippen LogP contribution in [0.25, 0.3) is 10.4 Å². The van der Waals surface area contributed by atoms with Gasteiger partial charge in [-0.2, -0.15) is 0 Å². The molecule has 22 heteroatoms. The molecule has 20 nitrogen and oxygen atoms in total. The van der Waals surface area contributed by atoms with E-state index in [-0.39, 0.29) is 31.5 Å². The third-order valence-electron chi connectivity index (χ3n) is 16.2. The number of Topliss-reactive ketones (excluding diaryl/α,β-unsaturated/α-hetero) is 1. The largest absolute Gasteiger partial charge is 0.459 e. The molecular formula is C53H83FN6O14S. The highest BCUT2D eigenvalue weighted by molar-refractivity contribution is 7.18. The molecule has 3 aliphatic rings. The van der Waals surface area contributed by atoms with Gasteiger partial charge in [-0.05, 0) is 79.0 Å². The minimum atomic E-state index is -2.01. The first-order valence-electron chi connectivity index (χ1n) is 26.1. The van der Waals surface area contributed by atoms with Crippen LogP contribution < -0.4 is 5.73 Å². The molecule has 0 amide bonds. The van der Waals surface area contributed by atoms with Crippen LogP contribution in [0.5, 0.6) is 0 Å². The number of cyclic esters (lactones) is 1. The Balaban J connectivity index is 1.25. The van der Waals surface area contributed by atoms with Crippen LogP contribution in [-0.2, 0) is 53.9 Å². The van der Waals surface area contributed by atoms with E-state index in [1.165, 1.54) is 51.2 Å². The number of nitrogens with zero attached hydrogens (tertiary/aromatic N) is 5. The smallest absolute Gasteiger partial charge is 0.311 e. The van der Waals surface area contributed by atoms with E-state index in [4.69, 9.17) is 43.6 Å². The van der Waals surface area contributed by atoms with Gasteiger partial charge in [-0.25, -0.2) is 14.1 Å². The van der Waals surface area contributed by atoms with E-state index >= 15 is 0 Å². The first-order valence-corrected chi connectivity index (χ1v) is 26.9. The molecule has 19 atom stereocenters. The van der Waals surface area contributed by atoms with Gasteiger partial charge in [0.25, 0.3) is 0 Å². The number of benzene rings is 1. The summed E-state index contributed by atoms with van der Waals surface area (Å²) in [5, 5.41) is 55.9. The summed E-state index contributed by atoms with van der Waals surface area (Å²) >= 11 is 1.37. The fraction of sp³-hybridized carbons (Fsp3) is 0.755. The number of aromatic nitrogens is 4. The van der Waals surface area contributed by atoms with Crippen LogP contribution >= 0.6 is 11.3 Å². The number of carbonyl (C=O) groups excluding carboxylic acids is 2. The van der Waals surface area contributed by atoms with Gasteiger partial charge in [0.05, 0.1) is 58.2 Å². The predicted octanol–water partition coefficient (Wildman–Crippen LogP) is 5.00. The number of anilines is 1. The van der Waals surface area contributed by atoms with Crippen LogP contribution in [0.1, 0.15) is 118 Å². The van der Waals surface area contributed by atoms with Crippen molar-refractivity contribution in [2.24, 2.45) is 17.8 Å². The fourth-order valence-electron chi connectivity index (χ4n) is 11.0. The summed E-state index contributed by atoms with van der Waals surface area (Å²) in [5.74, 6) is -4.02. The fourth-order valence-corrected chi connectivity index (χ4v) is 11.7. The molecule has 75 heavy (non-hydrogen) atoms. The molecule has 0 bridgehead atoms. The summed E-state index contributed by atoms with van der Waals surface area (Å²) in [6.07, 6.45) is -6.82. The second-order valence-corrected chi connectivity index (χ2v) is 22.7. The van der Waals surface area contributed by atoms with Crippen molar-refractivity contribution in [1.29, 1.82) is 0 Å². The Hall–Kier alpha value is -3.62. The van der Waals surface area contributed by atoms with Crippen molar-refractivity contribution >= 4 is 28.2 Å². The average Bonchev–Trinajstić information content (AvgIpc) is 4.06. The Morgan fingerprint density at radius 2 is 1.63 bits per heavy atom. The number of nitrogens with two attached hydrogens (primary N) is 1. The molecule has 3 saturated heterocycles. The lowest BCUT2D eigenvalue weighted by Crippen LogP contribution is -2.60. The third-order valence-corrected chi connectivity index (χ3v) is 17.1. The summed E-state index contributed by atoms with van der Waals surface area (Å²) in [5.41, 5.74) is 3.69. The summed E-state index contributed by atoms with van der Waals surface area (Å²) in [7, 11) is 6.37. The van der Waals surface area contributed by atoms with Crippen LogP contribution in [0, 0.1) is 17.8 Å². The maximum Gasteiger partial charge on any atom is 0.311 e. The number of alkyl halides is 1. The number of rotatable bonds is 17. The molecule has 0 unspecified atom stereocenters. The van der Waals surface area contributed by atoms with Crippen molar-refractivity contribution in [1.82, 2.24) is 24.9 Å². The highest BCUT2D eigenvalue weighted by atomic mass is 32.1. The van der Waals surface area contributed by atoms with Crippen LogP contribution in [0.4, 0.5) is 9.52 Å². The second kappa shape index (κ2) is 25.4. The second-order valence-electron chi connectivity index (χ2n) is 21.7. The number of hydrogen-bond acceptors (Lipinski definition) is 20. The van der Waals surface area contributed by atoms with Gasteiger partial charge in [-0.15, -0.1) is 5.10 Å². The highest BCUT2D eigenvalue weighted by Gasteiger charge is 2.52. The number of carbonyl (C=O) groups is 2. The molecule has 0 radical (unpaired) electrons. The van der Waals surface area contributed by atoms with E-state index in [1.54, 1.807) is 53.9 Å². The standard InChI is InChI=1S/C53H83FN6O14S/c1-14-40-53(9,66)46(63)31(5)43(61)28(2)23-51(7,68-12)41(22-38(30(4)48(65)73-40)72-42-24-52(8,69-13)47(64)32(6)71-42)74-49-44(62)36(21-29(3)70-49)59(10)20-19-35-27-60(58-57-35)37(25-54)45(67-11)34-17-15-33(16-18-34)39-26-56-50(55)75-39/h15-18,26-32,36-38,40-42,44-47,49,62-64,66H,14,19-25H2,1-13H3,(H2,55,56)/t28-,29-,30-,31+,32+,36+,37-,38+,40-,41-,42+,44-,45-,46-,47+,49+,51-,52-,53-/m1/s1. The maximum absolute atomic E-state index is 14.9. The number of aliphatic hydroxyl groups excluding tert-OH is 3. The summed E-state index contributed by atoms with van der Waals surface area (Å²) < 4.78 is 66.5. The van der Waals surface area contributed by atoms with Gasteiger partial charge in [-0.3, -0.25) is 9.59 Å². The van der Waals surface area contributed by atoms with E-state index in [2.05, 4.69) is 15.3 Å². The molecule has 2 aromatic heterocycles. The number of ether oxygens (including phenoxy) is 8. The number of halogens is 1. The zero-order valence-corrected chi connectivity index (χ0v) is 46.6. The maximum atomic E-state index is 14.9. The Morgan fingerprint density at radius 1 is 0.947 bits per heavy atom. The third kappa shape index (κ3) is 13.6. The lowest BCUT2D eigenvalue weighted by molar-refractivity contribution is -0.309. The number of likely N-dealkylation sites (N-methyl/N-ethyl adjacent to an activating group) is 1. The van der Waals surface area contributed by atoms with E-state index in [1.807, 2.05) is 43.1 Å². The number of hydrogen-bond donors (Lipinski definition) is 5. The monoisotopic (exact) mass is 1080 g/mol. The molecular weight excluding hydrogens is 996 g/mol. The lowest BCUT2D eigenvalue weighted by Gasteiger charge is -2.48. The Kier molecular flexibility index (Phi) is 20.6. The first-order chi connectivity index (χ1) is 35.3. The topological polar surface area (TPSA) is 262 Å². The highest BCUT2D eigenvalue weighted by Crippen LogP contribution is 2.41. The Labute approximate surface area is 444 Å². The predicted molar refractivity (Wildman–Crippen MR) is 276 cm³/mol. The molecule has 0 saturated carbocycles. The quantitative estimate of drug-likeness (QED) is 0.111. The number of aliphatic hydroxyl groups is 4. The van der Waals surface area contributed by atoms with Crippen LogP contribution in [-0.4, -0.2) is 183 Å². The zero-order valence-electron chi connectivity index (χ0n) is 45.8. The SMILES string of the molecule is CC[C@H]1OC(=O)[C@H](C)[C@@H](O[C@H]2C[C@@](C)(OC)[C@@H](O)[C@H](C)O2)C[C@@H](O[C@@H]2O[C@H](C)C[C@H](N(C)CCc3cn([C@H](CF)[C@H](OC)c4ccc(-c5cnc(N)s5)cc4)nn3)[C@H]2O)[C@](C)(OC)C[C@@H](C)C(=O)[C@H](C)[C@@H](O)[C@]1(C)O. The first kappa shape index (κ1) is 60.6. The average molecular weight is 1080 g/mol. The molecule has 3 fully saturated rings. The van der Waals surface area contributed by atoms with Crippen molar-refractivity contribution in [3.05, 3.63) is 47.9 Å². The van der Waals surface area contributed by atoms with Gasteiger partial charge in [0.1, 0.15) is 48.5 Å². The number of methoxy groups -OCH3 is 3. The molecule has 6 N–H and O–H groups in total. The molecule has 5 heterocycles. The normalized spacial score (nSPS) is 37.5. The summed E-state index contributed by atoms with van der Waals surface area (Å²) in [6, 6.07) is 6.29. The van der Waals surface area contributed by atoms with Crippen molar-refractivity contribution < 1.29 is 72.3 Å². The number of thiazole rings is 1. The zero-order chi connectivity index (χ0) is 55.3. The number of ketones is 1. The van der Waals surface area contributed by atoms with Crippen LogP contribution in [0.15, 0.2) is 36.7 Å². The molecule has 1 aromatic carbocycles. The number of nitrogen functional groups attached to an aromatic ring is 1. The van der Waals surface area contributed by atoms with E-state index in [9.17, 15) is 34.4 Å². The van der Waals surface area contributed by atoms with Gasteiger partial charge < -0.3 is 69.0 Å². The van der Waals surface area contributed by atoms with Gasteiger partial charge in [-0.1, -0.05) is 61.6 Å². The minimum Gasteiger partial charge on any atom is -0.459 e.